The molecule has 2 aromatic carbocycles. The minimum atomic E-state index is -4.75. The zero-order valence-electron chi connectivity index (χ0n) is 12.4. The molecule has 0 radical (unpaired) electrons. The van der Waals surface area contributed by atoms with Gasteiger partial charge in [-0.1, -0.05) is 18.2 Å². The molecule has 4 nitrogen and oxygen atoms in total. The van der Waals surface area contributed by atoms with E-state index in [1.54, 1.807) is 0 Å². The molecule has 0 aliphatic rings. The number of aromatic amines is 1. The number of methoxy groups -OCH3 is 1. The van der Waals surface area contributed by atoms with Crippen molar-refractivity contribution in [2.24, 2.45) is 0 Å². The lowest BCUT2D eigenvalue weighted by atomic mass is 10.1. The third kappa shape index (κ3) is 3.54. The van der Waals surface area contributed by atoms with Crippen LogP contribution in [0.25, 0.3) is 11.0 Å². The van der Waals surface area contributed by atoms with E-state index in [2.05, 4.69) is 30.6 Å². The van der Waals surface area contributed by atoms with Gasteiger partial charge >= 0.3 is 6.36 Å². The number of benzene rings is 2. The second kappa shape index (κ2) is 6.45. The minimum absolute atomic E-state index is 0.176. The average Bonchev–Trinajstić information content (AvgIpc) is 2.93. The number of rotatable bonds is 4. The molecular weight excluding hydrogens is 389 g/mol. The number of aromatic nitrogens is 2. The van der Waals surface area contributed by atoms with Gasteiger partial charge < -0.3 is 14.5 Å². The third-order valence-corrected chi connectivity index (χ3v) is 4.00. The molecule has 126 valence electrons. The van der Waals surface area contributed by atoms with E-state index >= 15 is 0 Å². The predicted molar refractivity (Wildman–Crippen MR) is 85.8 cm³/mol. The molecule has 0 saturated heterocycles. The van der Waals surface area contributed by atoms with E-state index in [1.807, 2.05) is 24.3 Å². The van der Waals surface area contributed by atoms with Gasteiger partial charge in [0.25, 0.3) is 0 Å². The first-order valence-electron chi connectivity index (χ1n) is 6.90. The predicted octanol–water partition coefficient (Wildman–Crippen LogP) is 4.96. The maximum Gasteiger partial charge on any atom is 0.573 e. The first-order valence-corrected chi connectivity index (χ1v) is 7.69. The summed E-state index contributed by atoms with van der Waals surface area (Å²) in [6, 6.07) is 11.8. The molecule has 0 saturated carbocycles. The van der Waals surface area contributed by atoms with Gasteiger partial charge in [0, 0.05) is 7.11 Å². The Morgan fingerprint density at radius 3 is 2.54 bits per heavy atom. The highest BCUT2D eigenvalue weighted by Gasteiger charge is 2.32. The topological polar surface area (TPSA) is 47.1 Å². The molecule has 3 aromatic rings. The Balaban J connectivity index is 1.94. The summed E-state index contributed by atoms with van der Waals surface area (Å²) < 4.78 is 46.6. The van der Waals surface area contributed by atoms with E-state index in [9.17, 15) is 13.2 Å². The van der Waals surface area contributed by atoms with Crippen LogP contribution in [0, 0.1) is 0 Å². The second-order valence-electron chi connectivity index (χ2n) is 4.99. The standard InChI is InChI=1S/C16H12BrF3N2O2/c1-23-14(15-21-11-4-2-3-5-12(11)22-15)9-6-7-13(10(17)8-9)24-16(18,19)20/h2-8,14H,1H3,(H,21,22). The van der Waals surface area contributed by atoms with Crippen molar-refractivity contribution in [1.29, 1.82) is 0 Å². The number of nitrogens with zero attached hydrogens (tertiary/aromatic N) is 1. The molecule has 24 heavy (non-hydrogen) atoms. The summed E-state index contributed by atoms with van der Waals surface area (Å²) in [6.45, 7) is 0. The van der Waals surface area contributed by atoms with Crippen LogP contribution in [0.15, 0.2) is 46.9 Å². The van der Waals surface area contributed by atoms with Crippen molar-refractivity contribution < 1.29 is 22.6 Å². The number of alkyl halides is 3. The summed E-state index contributed by atoms with van der Waals surface area (Å²) in [6.07, 6.45) is -5.29. The number of H-pyrrole nitrogens is 1. The first-order chi connectivity index (χ1) is 11.4. The number of hydrogen-bond acceptors (Lipinski definition) is 3. The molecular formula is C16H12BrF3N2O2. The zero-order valence-corrected chi connectivity index (χ0v) is 14.0. The first kappa shape index (κ1) is 16.8. The molecule has 0 amide bonds. The zero-order chi connectivity index (χ0) is 17.3. The molecule has 1 aromatic heterocycles. The molecule has 1 heterocycles. The molecule has 0 fully saturated rings. The van der Waals surface area contributed by atoms with Gasteiger partial charge in [0.2, 0.25) is 0 Å². The molecule has 8 heteroatoms. The molecule has 1 N–H and O–H groups in total. The summed E-state index contributed by atoms with van der Waals surface area (Å²) in [5.41, 5.74) is 2.27. The molecule has 3 rings (SSSR count). The molecule has 0 bridgehead atoms. The Labute approximate surface area is 143 Å². The summed E-state index contributed by atoms with van der Waals surface area (Å²) in [4.78, 5) is 7.62. The summed E-state index contributed by atoms with van der Waals surface area (Å²) in [7, 11) is 1.51. The van der Waals surface area contributed by atoms with Crippen LogP contribution in [0.1, 0.15) is 17.5 Å². The van der Waals surface area contributed by atoms with Gasteiger partial charge in [0.1, 0.15) is 17.7 Å². The van der Waals surface area contributed by atoms with Crippen LogP contribution in [0.4, 0.5) is 13.2 Å². The number of hydrogen-bond donors (Lipinski definition) is 1. The van der Waals surface area contributed by atoms with Crippen LogP contribution in [0.5, 0.6) is 5.75 Å². The number of imidazole rings is 1. The van der Waals surface area contributed by atoms with Crippen LogP contribution in [-0.4, -0.2) is 23.4 Å². The van der Waals surface area contributed by atoms with Gasteiger partial charge in [-0.25, -0.2) is 4.98 Å². The SMILES string of the molecule is COC(c1ccc(OC(F)(F)F)c(Br)c1)c1nc2ccccc2[nH]1. The van der Waals surface area contributed by atoms with E-state index in [-0.39, 0.29) is 10.2 Å². The molecule has 0 aliphatic carbocycles. The van der Waals surface area contributed by atoms with Crippen molar-refractivity contribution in [2.45, 2.75) is 12.5 Å². The maximum absolute atomic E-state index is 12.3. The fraction of sp³-hybridized carbons (Fsp3) is 0.188. The normalized spacial score (nSPS) is 13.2. The van der Waals surface area contributed by atoms with Crippen molar-refractivity contribution >= 4 is 27.0 Å². The smallest absolute Gasteiger partial charge is 0.405 e. The number of fused-ring (bicyclic) bond motifs is 1. The fourth-order valence-electron chi connectivity index (χ4n) is 2.39. The molecule has 1 unspecified atom stereocenters. The summed E-state index contributed by atoms with van der Waals surface area (Å²) >= 11 is 3.09. The fourth-order valence-corrected chi connectivity index (χ4v) is 2.87. The Hall–Kier alpha value is -2.06. The number of ether oxygens (including phenoxy) is 2. The third-order valence-electron chi connectivity index (χ3n) is 3.38. The van der Waals surface area contributed by atoms with Crippen LogP contribution in [0.3, 0.4) is 0 Å². The van der Waals surface area contributed by atoms with E-state index < -0.39 is 12.5 Å². The van der Waals surface area contributed by atoms with Crippen LogP contribution < -0.4 is 4.74 Å². The van der Waals surface area contributed by atoms with Crippen LogP contribution >= 0.6 is 15.9 Å². The Morgan fingerprint density at radius 2 is 1.92 bits per heavy atom. The van der Waals surface area contributed by atoms with Crippen molar-refractivity contribution in [3.63, 3.8) is 0 Å². The quantitative estimate of drug-likeness (QED) is 0.673. The van der Waals surface area contributed by atoms with Gasteiger partial charge in [0.05, 0.1) is 15.5 Å². The molecule has 0 aliphatic heterocycles. The minimum Gasteiger partial charge on any atom is -0.405 e. The highest BCUT2D eigenvalue weighted by molar-refractivity contribution is 9.10. The summed E-state index contributed by atoms with van der Waals surface area (Å²) in [5.74, 6) is 0.251. The molecule has 0 spiro atoms. The monoisotopic (exact) mass is 400 g/mol. The van der Waals surface area contributed by atoms with Crippen molar-refractivity contribution in [1.82, 2.24) is 9.97 Å². The van der Waals surface area contributed by atoms with E-state index in [0.29, 0.717) is 11.4 Å². The number of para-hydroxylation sites is 2. The number of nitrogens with one attached hydrogen (secondary N) is 1. The molecule has 1 atom stereocenters. The second-order valence-corrected chi connectivity index (χ2v) is 5.85. The highest BCUT2D eigenvalue weighted by atomic mass is 79.9. The van der Waals surface area contributed by atoms with Crippen molar-refractivity contribution in [3.05, 3.63) is 58.3 Å². The van der Waals surface area contributed by atoms with Crippen LogP contribution in [-0.2, 0) is 4.74 Å². The van der Waals surface area contributed by atoms with Crippen molar-refractivity contribution in [3.8, 4) is 5.75 Å². The van der Waals surface area contributed by atoms with Gasteiger partial charge in [-0.05, 0) is 45.8 Å². The Bertz CT molecular complexity index is 831. The highest BCUT2D eigenvalue weighted by Crippen LogP contribution is 2.34. The van der Waals surface area contributed by atoms with E-state index in [4.69, 9.17) is 4.74 Å². The van der Waals surface area contributed by atoms with Gasteiger partial charge in [-0.15, -0.1) is 13.2 Å². The maximum atomic E-state index is 12.3. The van der Waals surface area contributed by atoms with Gasteiger partial charge in [-0.3, -0.25) is 0 Å². The lowest BCUT2D eigenvalue weighted by Crippen LogP contribution is -2.17. The van der Waals surface area contributed by atoms with Gasteiger partial charge in [-0.2, -0.15) is 0 Å². The largest absolute Gasteiger partial charge is 0.573 e. The van der Waals surface area contributed by atoms with Crippen LogP contribution in [0.2, 0.25) is 0 Å². The van der Waals surface area contributed by atoms with E-state index in [1.165, 1.54) is 25.3 Å². The summed E-state index contributed by atoms with van der Waals surface area (Å²) in [5, 5.41) is 0. The lowest BCUT2D eigenvalue weighted by molar-refractivity contribution is -0.274. The average molecular weight is 401 g/mol. The Morgan fingerprint density at radius 1 is 1.17 bits per heavy atom. The van der Waals surface area contributed by atoms with E-state index in [0.717, 1.165) is 11.0 Å². The Kier molecular flexibility index (Phi) is 4.51. The lowest BCUT2D eigenvalue weighted by Gasteiger charge is -2.16. The van der Waals surface area contributed by atoms with Gasteiger partial charge in [0.15, 0.2) is 0 Å². The number of halogens is 4. The van der Waals surface area contributed by atoms with Crippen molar-refractivity contribution in [2.75, 3.05) is 7.11 Å².